The number of rotatable bonds is 4. The van der Waals surface area contributed by atoms with Crippen molar-refractivity contribution in [2.45, 2.75) is 32.5 Å². The minimum Gasteiger partial charge on any atom is -0.468 e. The second-order valence-electron chi connectivity index (χ2n) is 7.34. The smallest absolute Gasteiger partial charge is 0.272 e. The summed E-state index contributed by atoms with van der Waals surface area (Å²) < 4.78 is 18.6. The molecule has 7 heteroatoms. The lowest BCUT2D eigenvalue weighted by molar-refractivity contribution is 0.0265. The molecule has 1 saturated heterocycles. The number of nitrogens with zero attached hydrogens (tertiary/aromatic N) is 3. The molecule has 0 aliphatic carbocycles. The first-order valence-corrected chi connectivity index (χ1v) is 9.40. The number of nitrogens with one attached hydrogen (secondary N) is 1. The molecule has 0 unspecified atom stereocenters. The molecule has 0 radical (unpaired) electrons. The molecule has 2 atom stereocenters. The summed E-state index contributed by atoms with van der Waals surface area (Å²) in [5.41, 5.74) is 1.83. The van der Waals surface area contributed by atoms with Gasteiger partial charge in [-0.3, -0.25) is 14.8 Å². The zero-order valence-electron chi connectivity index (χ0n) is 15.9. The van der Waals surface area contributed by atoms with Crippen LogP contribution in [0.15, 0.2) is 53.1 Å². The summed E-state index contributed by atoms with van der Waals surface area (Å²) in [6.07, 6.45) is 1.68. The Labute approximate surface area is 162 Å². The van der Waals surface area contributed by atoms with Crippen molar-refractivity contribution >= 4 is 5.91 Å². The first-order chi connectivity index (χ1) is 13.5. The first-order valence-electron chi connectivity index (χ1n) is 9.40. The van der Waals surface area contributed by atoms with Gasteiger partial charge in [0.2, 0.25) is 0 Å². The molecule has 0 saturated carbocycles. The van der Waals surface area contributed by atoms with Crippen LogP contribution in [0.5, 0.6) is 0 Å². The van der Waals surface area contributed by atoms with Crippen LogP contribution in [-0.4, -0.2) is 51.1 Å². The zero-order chi connectivity index (χ0) is 19.7. The molecule has 2 aromatic heterocycles. The van der Waals surface area contributed by atoms with Crippen molar-refractivity contribution in [3.05, 3.63) is 66.0 Å². The van der Waals surface area contributed by atoms with Gasteiger partial charge in [-0.2, -0.15) is 5.10 Å². The van der Waals surface area contributed by atoms with E-state index in [1.54, 1.807) is 24.5 Å². The van der Waals surface area contributed by atoms with E-state index in [1.165, 1.54) is 12.1 Å². The number of aromatic nitrogens is 2. The Morgan fingerprint density at radius 1 is 1.21 bits per heavy atom. The Bertz CT molecular complexity index is 936. The third-order valence-corrected chi connectivity index (χ3v) is 5.26. The SMILES string of the molecule is C[C@H]1CN(C(=O)c2cc(-c3ccc(F)cc3)n[nH]2)[C@@H](C)CN1Cc1ccco1. The summed E-state index contributed by atoms with van der Waals surface area (Å²) in [5.74, 6) is 0.556. The molecule has 3 aromatic rings. The number of aromatic amines is 1. The second-order valence-corrected chi connectivity index (χ2v) is 7.34. The number of carbonyl (C=O) groups is 1. The predicted molar refractivity (Wildman–Crippen MR) is 103 cm³/mol. The molecular weight excluding hydrogens is 359 g/mol. The zero-order valence-corrected chi connectivity index (χ0v) is 15.9. The maximum Gasteiger partial charge on any atom is 0.272 e. The van der Waals surface area contributed by atoms with Crippen LogP contribution in [0.2, 0.25) is 0 Å². The van der Waals surface area contributed by atoms with E-state index in [-0.39, 0.29) is 23.8 Å². The highest BCUT2D eigenvalue weighted by Crippen LogP contribution is 2.22. The maximum atomic E-state index is 13.1. The Morgan fingerprint density at radius 2 is 2.00 bits per heavy atom. The molecular formula is C21H23FN4O2. The van der Waals surface area contributed by atoms with Crippen LogP contribution in [0, 0.1) is 5.82 Å². The van der Waals surface area contributed by atoms with Gasteiger partial charge in [-0.25, -0.2) is 4.39 Å². The van der Waals surface area contributed by atoms with Gasteiger partial charge in [-0.15, -0.1) is 0 Å². The van der Waals surface area contributed by atoms with Crippen LogP contribution in [-0.2, 0) is 6.54 Å². The van der Waals surface area contributed by atoms with Crippen molar-refractivity contribution in [2.24, 2.45) is 0 Å². The first kappa shape index (κ1) is 18.4. The van der Waals surface area contributed by atoms with Crippen molar-refractivity contribution in [1.82, 2.24) is 20.0 Å². The van der Waals surface area contributed by atoms with Gasteiger partial charge >= 0.3 is 0 Å². The average Bonchev–Trinajstić information content (AvgIpc) is 3.36. The highest BCUT2D eigenvalue weighted by atomic mass is 19.1. The molecule has 28 heavy (non-hydrogen) atoms. The van der Waals surface area contributed by atoms with Gasteiger partial charge in [0, 0.05) is 30.7 Å². The summed E-state index contributed by atoms with van der Waals surface area (Å²) >= 11 is 0. The number of amides is 1. The van der Waals surface area contributed by atoms with Crippen LogP contribution in [0.25, 0.3) is 11.3 Å². The monoisotopic (exact) mass is 382 g/mol. The van der Waals surface area contributed by atoms with Gasteiger partial charge in [-0.05, 0) is 56.3 Å². The number of hydrogen-bond acceptors (Lipinski definition) is 4. The molecule has 1 N–H and O–H groups in total. The Balaban J connectivity index is 1.46. The lowest BCUT2D eigenvalue weighted by Crippen LogP contribution is -2.57. The van der Waals surface area contributed by atoms with Gasteiger partial charge in [0.15, 0.2) is 0 Å². The van der Waals surface area contributed by atoms with E-state index in [1.807, 2.05) is 17.0 Å². The number of carbonyl (C=O) groups excluding carboxylic acids is 1. The second kappa shape index (κ2) is 7.59. The summed E-state index contributed by atoms with van der Waals surface area (Å²) in [5, 5.41) is 7.06. The summed E-state index contributed by atoms with van der Waals surface area (Å²) in [6, 6.07) is 11.9. The van der Waals surface area contributed by atoms with Gasteiger partial charge in [0.1, 0.15) is 17.3 Å². The predicted octanol–water partition coefficient (Wildman–Crippen LogP) is 3.54. The molecule has 0 spiro atoms. The van der Waals surface area contributed by atoms with Gasteiger partial charge in [0.25, 0.3) is 5.91 Å². The van der Waals surface area contributed by atoms with Crippen molar-refractivity contribution < 1.29 is 13.6 Å². The number of hydrogen-bond donors (Lipinski definition) is 1. The fraction of sp³-hybridized carbons (Fsp3) is 0.333. The van der Waals surface area contributed by atoms with Crippen molar-refractivity contribution in [1.29, 1.82) is 0 Å². The molecule has 0 bridgehead atoms. The number of H-pyrrole nitrogens is 1. The standard InChI is InChI=1S/C21H23FN4O2/c1-14-12-26(15(2)11-25(14)13-18-4-3-9-28-18)21(27)20-10-19(23-24-20)16-5-7-17(22)8-6-16/h3-10,14-15H,11-13H2,1-2H3,(H,23,24)/t14-,15-/m0/s1. The maximum absolute atomic E-state index is 13.1. The van der Waals surface area contributed by atoms with Crippen LogP contribution >= 0.6 is 0 Å². The van der Waals surface area contributed by atoms with Crippen LogP contribution in [0.1, 0.15) is 30.1 Å². The molecule has 3 heterocycles. The van der Waals surface area contributed by atoms with Crippen LogP contribution in [0.4, 0.5) is 4.39 Å². The Morgan fingerprint density at radius 3 is 2.71 bits per heavy atom. The van der Waals surface area contributed by atoms with E-state index in [0.717, 1.165) is 24.4 Å². The molecule has 1 amide bonds. The van der Waals surface area contributed by atoms with E-state index in [0.29, 0.717) is 17.9 Å². The lowest BCUT2D eigenvalue weighted by Gasteiger charge is -2.43. The molecule has 1 fully saturated rings. The van der Waals surface area contributed by atoms with E-state index < -0.39 is 0 Å². The van der Waals surface area contributed by atoms with Crippen molar-refractivity contribution in [2.75, 3.05) is 13.1 Å². The summed E-state index contributed by atoms with van der Waals surface area (Å²) in [6.45, 7) is 6.31. The van der Waals surface area contributed by atoms with Crippen LogP contribution in [0.3, 0.4) is 0 Å². The van der Waals surface area contributed by atoms with Crippen molar-refractivity contribution in [3.8, 4) is 11.3 Å². The lowest BCUT2D eigenvalue weighted by atomic mass is 10.1. The number of halogens is 1. The van der Waals surface area contributed by atoms with Gasteiger partial charge < -0.3 is 9.32 Å². The highest BCUT2D eigenvalue weighted by molar-refractivity contribution is 5.93. The fourth-order valence-electron chi connectivity index (χ4n) is 3.66. The summed E-state index contributed by atoms with van der Waals surface area (Å²) in [7, 11) is 0. The topological polar surface area (TPSA) is 65.4 Å². The summed E-state index contributed by atoms with van der Waals surface area (Å²) in [4.78, 5) is 17.2. The van der Waals surface area contributed by atoms with Crippen LogP contribution < -0.4 is 0 Å². The van der Waals surface area contributed by atoms with E-state index in [9.17, 15) is 9.18 Å². The van der Waals surface area contributed by atoms with Gasteiger partial charge in [-0.1, -0.05) is 0 Å². The molecule has 4 rings (SSSR count). The van der Waals surface area contributed by atoms with E-state index in [2.05, 4.69) is 28.9 Å². The fourth-order valence-corrected chi connectivity index (χ4v) is 3.66. The molecule has 1 aliphatic heterocycles. The molecule has 1 aromatic carbocycles. The average molecular weight is 382 g/mol. The third-order valence-electron chi connectivity index (χ3n) is 5.26. The highest BCUT2D eigenvalue weighted by Gasteiger charge is 2.33. The minimum absolute atomic E-state index is 0.0660. The molecule has 146 valence electrons. The minimum atomic E-state index is -0.300. The number of piperazine rings is 1. The molecule has 6 nitrogen and oxygen atoms in total. The number of furan rings is 1. The Kier molecular flexibility index (Phi) is 5.00. The van der Waals surface area contributed by atoms with E-state index in [4.69, 9.17) is 4.42 Å². The van der Waals surface area contributed by atoms with E-state index >= 15 is 0 Å². The number of benzene rings is 1. The molecule has 1 aliphatic rings. The van der Waals surface area contributed by atoms with Crippen molar-refractivity contribution in [3.63, 3.8) is 0 Å². The van der Waals surface area contributed by atoms with Gasteiger partial charge in [0.05, 0.1) is 18.5 Å². The quantitative estimate of drug-likeness (QED) is 0.750. The largest absolute Gasteiger partial charge is 0.468 e. The normalized spacial score (nSPS) is 20.5. The Hall–Kier alpha value is -2.93. The third kappa shape index (κ3) is 3.71.